The molecule has 0 saturated carbocycles. The predicted octanol–water partition coefficient (Wildman–Crippen LogP) is 3.08. The molecule has 1 aliphatic rings. The second kappa shape index (κ2) is 8.64. The molecule has 3 heterocycles. The Morgan fingerprint density at radius 2 is 2.20 bits per heavy atom. The summed E-state index contributed by atoms with van der Waals surface area (Å²) in [6, 6.07) is 5.94. The second-order valence-corrected chi connectivity index (χ2v) is 6.98. The molecule has 1 saturated heterocycles. The quantitative estimate of drug-likeness (QED) is 0.439. The van der Waals surface area contributed by atoms with E-state index < -0.39 is 0 Å². The molecule has 2 aromatic rings. The number of nitrogens with one attached hydrogen (secondary N) is 1. The minimum atomic E-state index is 0. The van der Waals surface area contributed by atoms with Crippen LogP contribution in [0.4, 0.5) is 0 Å². The van der Waals surface area contributed by atoms with Gasteiger partial charge in [0.1, 0.15) is 0 Å². The lowest BCUT2D eigenvalue weighted by atomic mass is 9.93. The Labute approximate surface area is 166 Å². The SMILES string of the molecule is CCNC(=NCc1ccnc(-n2cccn2)c1)N1CCC(C)(C)C1.I. The highest BCUT2D eigenvalue weighted by atomic mass is 127. The molecule has 7 heteroatoms. The van der Waals surface area contributed by atoms with Crippen LogP contribution < -0.4 is 5.32 Å². The summed E-state index contributed by atoms with van der Waals surface area (Å²) in [7, 11) is 0. The molecule has 136 valence electrons. The van der Waals surface area contributed by atoms with Crippen molar-refractivity contribution >= 4 is 29.9 Å². The third kappa shape index (κ3) is 5.17. The Balaban J connectivity index is 0.00000225. The molecule has 0 bridgehead atoms. The lowest BCUT2D eigenvalue weighted by Crippen LogP contribution is -2.40. The number of likely N-dealkylation sites (tertiary alicyclic amines) is 1. The molecule has 6 nitrogen and oxygen atoms in total. The zero-order chi connectivity index (χ0) is 17.0. The first-order valence-corrected chi connectivity index (χ1v) is 8.56. The van der Waals surface area contributed by atoms with Crippen molar-refractivity contribution in [3.8, 4) is 5.82 Å². The molecule has 0 amide bonds. The van der Waals surface area contributed by atoms with Gasteiger partial charge in [0.2, 0.25) is 0 Å². The van der Waals surface area contributed by atoms with Crippen molar-refractivity contribution in [2.24, 2.45) is 10.4 Å². The third-order valence-corrected chi connectivity index (χ3v) is 4.27. The van der Waals surface area contributed by atoms with Crippen LogP contribution in [0.5, 0.6) is 0 Å². The fourth-order valence-corrected chi connectivity index (χ4v) is 2.97. The number of rotatable bonds is 4. The van der Waals surface area contributed by atoms with Crippen LogP contribution in [-0.2, 0) is 6.54 Å². The highest BCUT2D eigenvalue weighted by Crippen LogP contribution is 2.28. The average Bonchev–Trinajstić information content (AvgIpc) is 3.21. The van der Waals surface area contributed by atoms with Crippen LogP contribution in [0.2, 0.25) is 0 Å². The highest BCUT2D eigenvalue weighted by molar-refractivity contribution is 14.0. The summed E-state index contributed by atoms with van der Waals surface area (Å²) in [6.45, 7) is 10.4. The van der Waals surface area contributed by atoms with E-state index in [2.05, 4.69) is 41.1 Å². The number of halogens is 1. The largest absolute Gasteiger partial charge is 0.357 e. The molecule has 0 aromatic carbocycles. The third-order valence-electron chi connectivity index (χ3n) is 4.27. The number of pyridine rings is 1. The van der Waals surface area contributed by atoms with Gasteiger partial charge < -0.3 is 10.2 Å². The van der Waals surface area contributed by atoms with Gasteiger partial charge in [-0.05, 0) is 42.5 Å². The first-order chi connectivity index (χ1) is 11.6. The molecular formula is C18H27IN6. The summed E-state index contributed by atoms with van der Waals surface area (Å²) in [5, 5.41) is 7.65. The van der Waals surface area contributed by atoms with Gasteiger partial charge in [0.25, 0.3) is 0 Å². The molecule has 0 spiro atoms. The zero-order valence-electron chi connectivity index (χ0n) is 15.1. The van der Waals surface area contributed by atoms with Crippen LogP contribution in [0.25, 0.3) is 5.82 Å². The van der Waals surface area contributed by atoms with Gasteiger partial charge in [-0.1, -0.05) is 13.8 Å². The van der Waals surface area contributed by atoms with E-state index in [1.165, 1.54) is 6.42 Å². The Morgan fingerprint density at radius 1 is 1.36 bits per heavy atom. The number of hydrogen-bond donors (Lipinski definition) is 1. The fourth-order valence-electron chi connectivity index (χ4n) is 2.97. The summed E-state index contributed by atoms with van der Waals surface area (Å²) in [6.07, 6.45) is 6.67. The zero-order valence-corrected chi connectivity index (χ0v) is 17.5. The fraction of sp³-hybridized carbons (Fsp3) is 0.500. The molecular weight excluding hydrogens is 427 g/mol. The van der Waals surface area contributed by atoms with Crippen LogP contribution in [0.1, 0.15) is 32.8 Å². The smallest absolute Gasteiger partial charge is 0.194 e. The number of aromatic nitrogens is 3. The normalized spacial score (nSPS) is 16.6. The van der Waals surface area contributed by atoms with E-state index in [1.807, 2.05) is 30.6 Å². The summed E-state index contributed by atoms with van der Waals surface area (Å²) in [5.41, 5.74) is 1.49. The minimum Gasteiger partial charge on any atom is -0.357 e. The minimum absolute atomic E-state index is 0. The van der Waals surface area contributed by atoms with Crippen molar-refractivity contribution in [3.63, 3.8) is 0 Å². The summed E-state index contributed by atoms with van der Waals surface area (Å²) >= 11 is 0. The van der Waals surface area contributed by atoms with Crippen molar-refractivity contribution in [2.75, 3.05) is 19.6 Å². The Hall–Kier alpha value is -1.64. The van der Waals surface area contributed by atoms with Crippen LogP contribution in [-0.4, -0.2) is 45.3 Å². The maximum atomic E-state index is 4.83. The number of hydrogen-bond acceptors (Lipinski definition) is 3. The monoisotopic (exact) mass is 454 g/mol. The van der Waals surface area contributed by atoms with Crippen molar-refractivity contribution in [3.05, 3.63) is 42.4 Å². The lowest BCUT2D eigenvalue weighted by Gasteiger charge is -2.23. The summed E-state index contributed by atoms with van der Waals surface area (Å²) in [4.78, 5) is 11.6. The molecule has 1 N–H and O–H groups in total. The predicted molar refractivity (Wildman–Crippen MR) is 112 cm³/mol. The first kappa shape index (κ1) is 19.7. The Kier molecular flexibility index (Phi) is 6.80. The lowest BCUT2D eigenvalue weighted by molar-refractivity contribution is 0.370. The van der Waals surface area contributed by atoms with Crippen LogP contribution in [0, 0.1) is 5.41 Å². The van der Waals surface area contributed by atoms with Gasteiger partial charge in [-0.25, -0.2) is 14.7 Å². The molecule has 0 aliphatic carbocycles. The molecule has 25 heavy (non-hydrogen) atoms. The van der Waals surface area contributed by atoms with Crippen LogP contribution in [0.3, 0.4) is 0 Å². The maximum absolute atomic E-state index is 4.83. The van der Waals surface area contributed by atoms with Crippen molar-refractivity contribution in [1.29, 1.82) is 0 Å². The van der Waals surface area contributed by atoms with Gasteiger partial charge in [-0.15, -0.1) is 24.0 Å². The standard InChI is InChI=1S/C18H26N6.HI/c1-4-19-17(23-11-7-18(2,3)14-23)21-13-15-6-9-20-16(12-15)24-10-5-8-22-24;/h5-6,8-10,12H,4,7,11,13-14H2,1-3H3,(H,19,21);1H. The van der Waals surface area contributed by atoms with Gasteiger partial charge in [0.15, 0.2) is 11.8 Å². The first-order valence-electron chi connectivity index (χ1n) is 8.56. The van der Waals surface area contributed by atoms with Gasteiger partial charge in [-0.2, -0.15) is 5.10 Å². The van der Waals surface area contributed by atoms with Crippen LogP contribution in [0.15, 0.2) is 41.8 Å². The topological polar surface area (TPSA) is 58.3 Å². The second-order valence-electron chi connectivity index (χ2n) is 6.98. The number of aliphatic imine (C=N–C) groups is 1. The van der Waals surface area contributed by atoms with Gasteiger partial charge in [0.05, 0.1) is 6.54 Å². The Morgan fingerprint density at radius 3 is 2.84 bits per heavy atom. The molecule has 0 atom stereocenters. The molecule has 3 rings (SSSR count). The van der Waals surface area contributed by atoms with Gasteiger partial charge in [0, 0.05) is 38.2 Å². The van der Waals surface area contributed by atoms with E-state index in [0.717, 1.165) is 37.0 Å². The van der Waals surface area contributed by atoms with Crippen LogP contribution >= 0.6 is 24.0 Å². The highest BCUT2D eigenvalue weighted by Gasteiger charge is 2.30. The molecule has 1 fully saturated rings. The van der Waals surface area contributed by atoms with E-state index in [-0.39, 0.29) is 24.0 Å². The van der Waals surface area contributed by atoms with Gasteiger partial charge in [-0.3, -0.25) is 0 Å². The molecule has 0 radical (unpaired) electrons. The van der Waals surface area contributed by atoms with Crippen molar-refractivity contribution in [1.82, 2.24) is 25.0 Å². The molecule has 0 unspecified atom stereocenters. The summed E-state index contributed by atoms with van der Waals surface area (Å²) < 4.78 is 1.77. The van der Waals surface area contributed by atoms with E-state index in [4.69, 9.17) is 4.99 Å². The van der Waals surface area contributed by atoms with E-state index in [1.54, 1.807) is 10.9 Å². The molecule has 2 aromatic heterocycles. The average molecular weight is 454 g/mol. The van der Waals surface area contributed by atoms with Gasteiger partial charge >= 0.3 is 0 Å². The molecule has 1 aliphatic heterocycles. The van der Waals surface area contributed by atoms with Crippen molar-refractivity contribution in [2.45, 2.75) is 33.7 Å². The van der Waals surface area contributed by atoms with E-state index >= 15 is 0 Å². The Bertz CT molecular complexity index is 695. The maximum Gasteiger partial charge on any atom is 0.194 e. The summed E-state index contributed by atoms with van der Waals surface area (Å²) in [5.74, 6) is 1.82. The number of guanidine groups is 1. The number of nitrogens with zero attached hydrogens (tertiary/aromatic N) is 5. The van der Waals surface area contributed by atoms with E-state index in [9.17, 15) is 0 Å². The van der Waals surface area contributed by atoms with E-state index in [0.29, 0.717) is 12.0 Å². The van der Waals surface area contributed by atoms with Crippen molar-refractivity contribution < 1.29 is 0 Å².